The second-order valence-electron chi connectivity index (χ2n) is 6.39. The van der Waals surface area contributed by atoms with Gasteiger partial charge in [0.2, 0.25) is 0 Å². The van der Waals surface area contributed by atoms with E-state index in [9.17, 15) is 4.79 Å². The zero-order chi connectivity index (χ0) is 16.9. The van der Waals surface area contributed by atoms with E-state index in [1.807, 2.05) is 43.3 Å². The number of likely N-dealkylation sites (N-methyl/N-ethyl adjacent to an activating group) is 1. The molecule has 0 aromatic heterocycles. The van der Waals surface area contributed by atoms with Gasteiger partial charge >= 0.3 is 0 Å². The standard InChI is InChI=1S/C21H25NO2/c1-3-20(21(23)22(2)18-11-5-4-6-12-18)24-19-14-13-16-9-7-8-10-17(16)15-19/h4-6,11-15,20H,3,7-10H2,1-2H3/t20-/m0/s1. The number of anilines is 1. The molecule has 126 valence electrons. The summed E-state index contributed by atoms with van der Waals surface area (Å²) >= 11 is 0. The largest absolute Gasteiger partial charge is 0.481 e. The van der Waals surface area contributed by atoms with Crippen molar-refractivity contribution in [1.29, 1.82) is 0 Å². The highest BCUT2D eigenvalue weighted by Gasteiger charge is 2.23. The molecule has 1 amide bonds. The molecule has 3 heteroatoms. The van der Waals surface area contributed by atoms with Crippen LogP contribution in [0.4, 0.5) is 5.69 Å². The molecule has 0 radical (unpaired) electrons. The van der Waals surface area contributed by atoms with Gasteiger partial charge in [-0.1, -0.05) is 31.2 Å². The first-order valence-corrected chi connectivity index (χ1v) is 8.80. The maximum atomic E-state index is 12.8. The number of rotatable bonds is 5. The van der Waals surface area contributed by atoms with Gasteiger partial charge < -0.3 is 9.64 Å². The SMILES string of the molecule is CC[C@H](Oc1ccc2c(c1)CCCC2)C(=O)N(C)c1ccccc1. The summed E-state index contributed by atoms with van der Waals surface area (Å²) in [6.45, 7) is 1.99. The average Bonchev–Trinajstić information content (AvgIpc) is 2.65. The molecule has 3 nitrogen and oxygen atoms in total. The Morgan fingerprint density at radius 1 is 1.08 bits per heavy atom. The van der Waals surface area contributed by atoms with E-state index in [-0.39, 0.29) is 5.91 Å². The van der Waals surface area contributed by atoms with Crippen molar-refractivity contribution in [3.63, 3.8) is 0 Å². The summed E-state index contributed by atoms with van der Waals surface area (Å²) in [6, 6.07) is 16.0. The molecule has 0 fully saturated rings. The van der Waals surface area contributed by atoms with Crippen LogP contribution < -0.4 is 9.64 Å². The van der Waals surface area contributed by atoms with Crippen molar-refractivity contribution in [2.24, 2.45) is 0 Å². The van der Waals surface area contributed by atoms with Crippen LogP contribution in [0.3, 0.4) is 0 Å². The van der Waals surface area contributed by atoms with Gasteiger partial charge in [0.25, 0.3) is 5.91 Å². The maximum Gasteiger partial charge on any atom is 0.267 e. The third-order valence-corrected chi connectivity index (χ3v) is 4.72. The fourth-order valence-corrected chi connectivity index (χ4v) is 3.25. The van der Waals surface area contributed by atoms with Gasteiger partial charge in [0, 0.05) is 12.7 Å². The highest BCUT2D eigenvalue weighted by atomic mass is 16.5. The molecule has 0 saturated heterocycles. The predicted molar refractivity (Wildman–Crippen MR) is 97.6 cm³/mol. The third-order valence-electron chi connectivity index (χ3n) is 4.72. The monoisotopic (exact) mass is 323 g/mol. The van der Waals surface area contributed by atoms with Crippen molar-refractivity contribution in [1.82, 2.24) is 0 Å². The minimum Gasteiger partial charge on any atom is -0.481 e. The number of amides is 1. The van der Waals surface area contributed by atoms with E-state index >= 15 is 0 Å². The van der Waals surface area contributed by atoms with Crippen LogP contribution in [-0.2, 0) is 17.6 Å². The van der Waals surface area contributed by atoms with Gasteiger partial charge in [-0.25, -0.2) is 0 Å². The number of fused-ring (bicyclic) bond motifs is 1. The number of ether oxygens (including phenoxy) is 1. The zero-order valence-corrected chi connectivity index (χ0v) is 14.5. The molecule has 0 saturated carbocycles. The summed E-state index contributed by atoms with van der Waals surface area (Å²) in [7, 11) is 1.80. The molecule has 2 aromatic carbocycles. The molecule has 0 unspecified atom stereocenters. The topological polar surface area (TPSA) is 29.5 Å². The van der Waals surface area contributed by atoms with Gasteiger partial charge in [-0.3, -0.25) is 4.79 Å². The summed E-state index contributed by atoms with van der Waals surface area (Å²) in [4.78, 5) is 14.4. The van der Waals surface area contributed by atoms with Gasteiger partial charge in [0.15, 0.2) is 6.10 Å². The van der Waals surface area contributed by atoms with Gasteiger partial charge in [-0.15, -0.1) is 0 Å². The van der Waals surface area contributed by atoms with Crippen LogP contribution in [0, 0.1) is 0 Å². The number of carbonyl (C=O) groups excluding carboxylic acids is 1. The molecule has 1 atom stereocenters. The molecule has 2 aromatic rings. The van der Waals surface area contributed by atoms with Crippen LogP contribution >= 0.6 is 0 Å². The van der Waals surface area contributed by atoms with Crippen LogP contribution in [0.5, 0.6) is 5.75 Å². The van der Waals surface area contributed by atoms with Crippen LogP contribution in [0.15, 0.2) is 48.5 Å². The normalized spacial score (nSPS) is 14.6. The lowest BCUT2D eigenvalue weighted by Gasteiger charge is -2.24. The molecular formula is C21H25NO2. The second kappa shape index (κ2) is 7.52. The number of hydrogen-bond donors (Lipinski definition) is 0. The summed E-state index contributed by atoms with van der Waals surface area (Å²) in [5, 5.41) is 0. The van der Waals surface area contributed by atoms with Crippen molar-refractivity contribution >= 4 is 11.6 Å². The van der Waals surface area contributed by atoms with Gasteiger partial charge in [-0.2, -0.15) is 0 Å². The Labute approximate surface area is 144 Å². The summed E-state index contributed by atoms with van der Waals surface area (Å²) in [6.07, 6.45) is 4.96. The second-order valence-corrected chi connectivity index (χ2v) is 6.39. The summed E-state index contributed by atoms with van der Waals surface area (Å²) in [5.41, 5.74) is 3.68. The van der Waals surface area contributed by atoms with Crippen LogP contribution in [0.25, 0.3) is 0 Å². The van der Waals surface area contributed by atoms with E-state index in [1.54, 1.807) is 11.9 Å². The summed E-state index contributed by atoms with van der Waals surface area (Å²) in [5.74, 6) is 0.790. The number of para-hydroxylation sites is 1. The molecule has 3 rings (SSSR count). The Kier molecular flexibility index (Phi) is 5.19. The fraction of sp³-hybridized carbons (Fsp3) is 0.381. The highest BCUT2D eigenvalue weighted by Crippen LogP contribution is 2.26. The van der Waals surface area contributed by atoms with E-state index in [2.05, 4.69) is 12.1 Å². The minimum atomic E-state index is -0.461. The smallest absolute Gasteiger partial charge is 0.267 e. The number of nitrogens with zero attached hydrogens (tertiary/aromatic N) is 1. The molecule has 0 aliphatic heterocycles. The Hall–Kier alpha value is -2.29. The van der Waals surface area contributed by atoms with Crippen LogP contribution in [0.1, 0.15) is 37.3 Å². The molecular weight excluding hydrogens is 298 g/mol. The molecule has 0 bridgehead atoms. The summed E-state index contributed by atoms with van der Waals surface area (Å²) < 4.78 is 6.04. The van der Waals surface area contributed by atoms with Crippen molar-refractivity contribution in [2.75, 3.05) is 11.9 Å². The zero-order valence-electron chi connectivity index (χ0n) is 14.5. The molecule has 0 N–H and O–H groups in total. The lowest BCUT2D eigenvalue weighted by Crippen LogP contribution is -2.39. The number of carbonyl (C=O) groups is 1. The van der Waals surface area contributed by atoms with E-state index < -0.39 is 6.10 Å². The predicted octanol–water partition coefficient (Wildman–Crippen LogP) is 4.39. The first kappa shape index (κ1) is 16.6. The van der Waals surface area contributed by atoms with Gasteiger partial charge in [-0.05, 0) is 67.5 Å². The number of hydrogen-bond acceptors (Lipinski definition) is 2. The highest BCUT2D eigenvalue weighted by molar-refractivity contribution is 5.96. The van der Waals surface area contributed by atoms with Crippen molar-refractivity contribution in [3.05, 3.63) is 59.7 Å². The van der Waals surface area contributed by atoms with E-state index in [0.717, 1.165) is 24.3 Å². The van der Waals surface area contributed by atoms with Crippen molar-refractivity contribution in [3.8, 4) is 5.75 Å². The van der Waals surface area contributed by atoms with Gasteiger partial charge in [0.1, 0.15) is 5.75 Å². The van der Waals surface area contributed by atoms with E-state index in [0.29, 0.717) is 6.42 Å². The lowest BCUT2D eigenvalue weighted by molar-refractivity contribution is -0.125. The third kappa shape index (κ3) is 3.61. The lowest BCUT2D eigenvalue weighted by atomic mass is 9.92. The Balaban J connectivity index is 1.73. The van der Waals surface area contributed by atoms with Crippen LogP contribution in [0.2, 0.25) is 0 Å². The fourth-order valence-electron chi connectivity index (χ4n) is 3.25. The van der Waals surface area contributed by atoms with E-state index in [1.165, 1.54) is 24.0 Å². The first-order chi connectivity index (χ1) is 11.7. The van der Waals surface area contributed by atoms with Crippen molar-refractivity contribution in [2.45, 2.75) is 45.1 Å². The Morgan fingerprint density at radius 3 is 2.50 bits per heavy atom. The first-order valence-electron chi connectivity index (χ1n) is 8.80. The molecule has 24 heavy (non-hydrogen) atoms. The minimum absolute atomic E-state index is 0.0126. The molecule has 1 aliphatic rings. The van der Waals surface area contributed by atoms with Gasteiger partial charge in [0.05, 0.1) is 0 Å². The molecule has 0 spiro atoms. The van der Waals surface area contributed by atoms with Crippen LogP contribution in [-0.4, -0.2) is 19.1 Å². The number of aryl methyl sites for hydroxylation is 2. The average molecular weight is 323 g/mol. The van der Waals surface area contributed by atoms with Crippen molar-refractivity contribution < 1.29 is 9.53 Å². The molecule has 1 aliphatic carbocycles. The quantitative estimate of drug-likeness (QED) is 0.817. The Bertz CT molecular complexity index is 696. The Morgan fingerprint density at radius 2 is 1.79 bits per heavy atom. The number of benzene rings is 2. The maximum absolute atomic E-state index is 12.8. The molecule has 0 heterocycles. The van der Waals surface area contributed by atoms with E-state index in [4.69, 9.17) is 4.74 Å².